The van der Waals surface area contributed by atoms with Gasteiger partial charge >= 0.3 is 5.97 Å². The third kappa shape index (κ3) is 10.8. The minimum atomic E-state index is -1.51. The lowest BCUT2D eigenvalue weighted by atomic mass is 10.0. The van der Waals surface area contributed by atoms with Gasteiger partial charge in [0.15, 0.2) is 0 Å². The van der Waals surface area contributed by atoms with Crippen LogP contribution in [0.4, 0.5) is 0 Å². The first-order valence-electron chi connectivity index (χ1n) is 10.8. The predicted octanol–water partition coefficient (Wildman–Crippen LogP) is -2.21. The third-order valence-electron chi connectivity index (χ3n) is 4.75. The molecule has 0 aromatic carbocycles. The van der Waals surface area contributed by atoms with E-state index in [1.807, 2.05) is 13.8 Å². The van der Waals surface area contributed by atoms with Gasteiger partial charge in [0.2, 0.25) is 17.7 Å². The fourth-order valence-electron chi connectivity index (χ4n) is 2.94. The molecule has 10 N–H and O–H groups in total. The van der Waals surface area contributed by atoms with E-state index in [0.717, 1.165) is 0 Å². The zero-order valence-corrected chi connectivity index (χ0v) is 19.2. The van der Waals surface area contributed by atoms with Crippen LogP contribution in [0.2, 0.25) is 0 Å². The van der Waals surface area contributed by atoms with Gasteiger partial charge in [-0.2, -0.15) is 0 Å². The van der Waals surface area contributed by atoms with Crippen molar-refractivity contribution in [1.82, 2.24) is 16.0 Å². The van der Waals surface area contributed by atoms with E-state index in [9.17, 15) is 34.5 Å². The molecule has 0 bridgehead atoms. The van der Waals surface area contributed by atoms with Crippen LogP contribution in [0.5, 0.6) is 0 Å². The molecule has 0 aliphatic carbocycles. The zero-order valence-electron chi connectivity index (χ0n) is 19.2. The van der Waals surface area contributed by atoms with Crippen LogP contribution in [-0.4, -0.2) is 81.9 Å². The number of hydrogen-bond donors (Lipinski definition) is 8. The van der Waals surface area contributed by atoms with Crippen LogP contribution in [0, 0.1) is 5.92 Å². The summed E-state index contributed by atoms with van der Waals surface area (Å²) >= 11 is 0. The summed E-state index contributed by atoms with van der Waals surface area (Å²) in [6.45, 7) is 6.63. The highest BCUT2D eigenvalue weighted by molar-refractivity contribution is 5.94. The van der Waals surface area contributed by atoms with Gasteiger partial charge in [0.1, 0.15) is 18.1 Å². The summed E-state index contributed by atoms with van der Waals surface area (Å²) in [4.78, 5) is 48.9. The van der Waals surface area contributed by atoms with Crippen molar-refractivity contribution in [1.29, 1.82) is 0 Å². The van der Waals surface area contributed by atoms with Crippen LogP contribution in [0.25, 0.3) is 0 Å². The molecule has 0 heterocycles. The van der Waals surface area contributed by atoms with Gasteiger partial charge in [-0.25, -0.2) is 4.79 Å². The second kappa shape index (κ2) is 14.7. The number of carboxylic acids is 1. The summed E-state index contributed by atoms with van der Waals surface area (Å²) in [5.74, 6) is -3.63. The smallest absolute Gasteiger partial charge is 0.326 e. The maximum atomic E-state index is 12.7. The number of carbonyl (C=O) groups is 4. The van der Waals surface area contributed by atoms with Crippen LogP contribution in [0.15, 0.2) is 0 Å². The summed E-state index contributed by atoms with van der Waals surface area (Å²) in [5.41, 5.74) is 11.2. The summed E-state index contributed by atoms with van der Waals surface area (Å²) in [5, 5.41) is 36.1. The number of aliphatic carboxylic acids is 1. The second-order valence-corrected chi connectivity index (χ2v) is 8.37. The molecule has 32 heavy (non-hydrogen) atoms. The van der Waals surface area contributed by atoms with Crippen molar-refractivity contribution in [3.63, 3.8) is 0 Å². The molecule has 0 rings (SSSR count). The highest BCUT2D eigenvalue weighted by atomic mass is 16.4. The van der Waals surface area contributed by atoms with Crippen molar-refractivity contribution in [2.24, 2.45) is 17.4 Å². The van der Waals surface area contributed by atoms with Gasteiger partial charge in [-0.05, 0) is 52.0 Å². The largest absolute Gasteiger partial charge is 0.480 e. The van der Waals surface area contributed by atoms with Crippen LogP contribution in [0.3, 0.4) is 0 Å². The Labute approximate surface area is 188 Å². The van der Waals surface area contributed by atoms with Gasteiger partial charge in [0.25, 0.3) is 0 Å². The molecule has 0 fully saturated rings. The lowest BCUT2D eigenvalue weighted by Crippen LogP contribution is -2.61. The van der Waals surface area contributed by atoms with Crippen LogP contribution < -0.4 is 27.4 Å². The van der Waals surface area contributed by atoms with Gasteiger partial charge in [0, 0.05) is 0 Å². The van der Waals surface area contributed by atoms with Gasteiger partial charge < -0.3 is 42.7 Å². The molecule has 6 unspecified atom stereocenters. The van der Waals surface area contributed by atoms with Crippen LogP contribution in [-0.2, 0) is 19.2 Å². The maximum absolute atomic E-state index is 12.7. The van der Waals surface area contributed by atoms with Crippen LogP contribution in [0.1, 0.15) is 53.4 Å². The first kappa shape index (κ1) is 29.7. The molecule has 186 valence electrons. The average molecular weight is 462 g/mol. The first-order chi connectivity index (χ1) is 14.8. The number of hydrogen-bond acceptors (Lipinski definition) is 8. The Balaban J connectivity index is 5.28. The van der Waals surface area contributed by atoms with Gasteiger partial charge in [-0.15, -0.1) is 0 Å². The lowest BCUT2D eigenvalue weighted by Gasteiger charge is -2.27. The number of aliphatic hydroxyl groups excluding tert-OH is 2. The zero-order chi connectivity index (χ0) is 25.0. The number of amides is 3. The Morgan fingerprint density at radius 1 is 0.812 bits per heavy atom. The number of nitrogens with one attached hydrogen (secondary N) is 3. The Morgan fingerprint density at radius 2 is 1.28 bits per heavy atom. The molecule has 12 heteroatoms. The molecule has 3 amide bonds. The summed E-state index contributed by atoms with van der Waals surface area (Å²) < 4.78 is 0. The van der Waals surface area contributed by atoms with Gasteiger partial charge in [-0.3, -0.25) is 14.4 Å². The average Bonchev–Trinajstić information content (AvgIpc) is 2.67. The number of carbonyl (C=O) groups excluding carboxylic acids is 3. The van der Waals surface area contributed by atoms with E-state index >= 15 is 0 Å². The van der Waals surface area contributed by atoms with E-state index in [4.69, 9.17) is 11.5 Å². The molecule has 0 saturated carbocycles. The lowest BCUT2D eigenvalue weighted by molar-refractivity contribution is -0.143. The number of aliphatic hydroxyl groups is 2. The highest BCUT2D eigenvalue weighted by Crippen LogP contribution is 2.06. The molecule has 0 saturated heterocycles. The second-order valence-electron chi connectivity index (χ2n) is 8.37. The molecule has 0 aromatic heterocycles. The van der Waals surface area contributed by atoms with E-state index in [-0.39, 0.29) is 12.3 Å². The SMILES string of the molecule is CC(C)CC(N)C(=O)NC(C(=O)NC(C(=O)NC(CCCCN)C(=O)O)C(C)O)C(C)O. The number of carboxylic acid groups (broad SMARTS) is 1. The van der Waals surface area contributed by atoms with E-state index in [1.165, 1.54) is 13.8 Å². The minimum Gasteiger partial charge on any atom is -0.480 e. The van der Waals surface area contributed by atoms with Crippen molar-refractivity contribution in [2.75, 3.05) is 6.54 Å². The van der Waals surface area contributed by atoms with Gasteiger partial charge in [-0.1, -0.05) is 13.8 Å². The number of unbranched alkanes of at least 4 members (excludes halogenated alkanes) is 1. The van der Waals surface area contributed by atoms with E-state index in [2.05, 4.69) is 16.0 Å². The van der Waals surface area contributed by atoms with Crippen LogP contribution >= 0.6 is 0 Å². The number of rotatable bonds is 15. The Kier molecular flexibility index (Phi) is 13.7. The minimum absolute atomic E-state index is 0.124. The van der Waals surface area contributed by atoms with Crippen molar-refractivity contribution < 1.29 is 34.5 Å². The summed E-state index contributed by atoms with van der Waals surface area (Å²) in [6, 6.07) is -5.07. The molecule has 0 spiro atoms. The highest BCUT2D eigenvalue weighted by Gasteiger charge is 2.34. The van der Waals surface area contributed by atoms with Gasteiger partial charge in [0.05, 0.1) is 18.2 Å². The van der Waals surface area contributed by atoms with Crippen molar-refractivity contribution in [2.45, 2.75) is 89.8 Å². The Hall–Kier alpha value is -2.28. The topological polar surface area (TPSA) is 217 Å². The molecule has 6 atom stereocenters. The molecule has 0 aliphatic rings. The maximum Gasteiger partial charge on any atom is 0.326 e. The fraction of sp³-hybridized carbons (Fsp3) is 0.800. The van der Waals surface area contributed by atoms with Crippen molar-refractivity contribution in [3.05, 3.63) is 0 Å². The normalized spacial score (nSPS) is 16.9. The first-order valence-corrected chi connectivity index (χ1v) is 10.8. The third-order valence-corrected chi connectivity index (χ3v) is 4.75. The van der Waals surface area contributed by atoms with Crippen molar-refractivity contribution >= 4 is 23.7 Å². The molecular formula is C20H39N5O7. The standard InChI is InChI=1S/C20H39N5O7/c1-10(2)9-13(22)17(28)24-16(12(4)27)19(30)25-15(11(3)26)18(29)23-14(20(31)32)7-5-6-8-21/h10-16,26-27H,5-9,21-22H2,1-4H3,(H,23,29)(H,24,28)(H,25,30)(H,31,32). The predicted molar refractivity (Wildman–Crippen MR) is 117 cm³/mol. The number of nitrogens with two attached hydrogens (primary N) is 2. The Morgan fingerprint density at radius 3 is 1.69 bits per heavy atom. The van der Waals surface area contributed by atoms with E-state index in [0.29, 0.717) is 25.8 Å². The Bertz CT molecular complexity index is 627. The molecular weight excluding hydrogens is 422 g/mol. The summed E-state index contributed by atoms with van der Waals surface area (Å²) in [6.07, 6.45) is -1.19. The van der Waals surface area contributed by atoms with E-state index in [1.54, 1.807) is 0 Å². The molecule has 0 aromatic rings. The molecule has 0 aliphatic heterocycles. The fourth-order valence-corrected chi connectivity index (χ4v) is 2.94. The van der Waals surface area contributed by atoms with E-state index < -0.39 is 60.1 Å². The monoisotopic (exact) mass is 461 g/mol. The molecule has 0 radical (unpaired) electrons. The summed E-state index contributed by atoms with van der Waals surface area (Å²) in [7, 11) is 0. The quantitative estimate of drug-likeness (QED) is 0.124. The molecule has 12 nitrogen and oxygen atoms in total. The van der Waals surface area contributed by atoms with Crippen molar-refractivity contribution in [3.8, 4) is 0 Å².